The molecule has 1 saturated heterocycles. The van der Waals surface area contributed by atoms with Crippen LogP contribution in [-0.2, 0) is 6.42 Å². The van der Waals surface area contributed by atoms with Gasteiger partial charge in [0.05, 0.1) is 12.7 Å². The first-order valence-electron chi connectivity index (χ1n) is 9.23. The Balaban J connectivity index is 1.54. The first-order valence-corrected chi connectivity index (χ1v) is 9.23. The molecular weight excluding hydrogens is 329 g/mol. The van der Waals surface area contributed by atoms with Crippen molar-refractivity contribution >= 4 is 5.78 Å². The van der Waals surface area contributed by atoms with Crippen LogP contribution in [0.1, 0.15) is 34.3 Å². The number of benzene rings is 2. The summed E-state index contributed by atoms with van der Waals surface area (Å²) in [6, 6.07) is 12.5. The molecule has 4 heteroatoms. The van der Waals surface area contributed by atoms with Crippen molar-refractivity contribution in [3.8, 4) is 5.75 Å². The molecular formula is C22H26FNO2. The van der Waals surface area contributed by atoms with E-state index in [-0.39, 0.29) is 17.5 Å². The number of likely N-dealkylation sites (tertiary alicyclic amines) is 1. The van der Waals surface area contributed by atoms with Crippen molar-refractivity contribution in [2.24, 2.45) is 5.92 Å². The summed E-state index contributed by atoms with van der Waals surface area (Å²) in [7, 11) is 1.62. The Labute approximate surface area is 154 Å². The number of hydrogen-bond acceptors (Lipinski definition) is 3. The molecule has 0 atom stereocenters. The topological polar surface area (TPSA) is 29.5 Å². The van der Waals surface area contributed by atoms with Crippen LogP contribution in [0.15, 0.2) is 42.5 Å². The molecule has 0 amide bonds. The summed E-state index contributed by atoms with van der Waals surface area (Å²) in [4.78, 5) is 15.3. The van der Waals surface area contributed by atoms with Crippen molar-refractivity contribution in [3.63, 3.8) is 0 Å². The molecule has 2 aromatic carbocycles. The van der Waals surface area contributed by atoms with Gasteiger partial charge in [-0.15, -0.1) is 0 Å². The zero-order valence-electron chi connectivity index (χ0n) is 15.5. The number of ether oxygens (including phenoxy) is 1. The van der Waals surface area contributed by atoms with E-state index in [1.165, 1.54) is 12.1 Å². The molecule has 0 N–H and O–H groups in total. The van der Waals surface area contributed by atoms with E-state index >= 15 is 0 Å². The summed E-state index contributed by atoms with van der Waals surface area (Å²) < 4.78 is 18.4. The van der Waals surface area contributed by atoms with Crippen molar-refractivity contribution in [1.29, 1.82) is 0 Å². The molecule has 0 aliphatic carbocycles. The lowest BCUT2D eigenvalue weighted by atomic mass is 9.88. The molecule has 1 heterocycles. The van der Waals surface area contributed by atoms with Gasteiger partial charge in [-0.05, 0) is 68.6 Å². The highest BCUT2D eigenvalue weighted by Crippen LogP contribution is 2.29. The number of nitrogens with zero attached hydrogens (tertiary/aromatic N) is 1. The maximum Gasteiger partial charge on any atom is 0.169 e. The molecule has 1 aliphatic heterocycles. The lowest BCUT2D eigenvalue weighted by Crippen LogP contribution is -2.37. The van der Waals surface area contributed by atoms with Crippen LogP contribution < -0.4 is 4.74 Å². The Morgan fingerprint density at radius 2 is 1.85 bits per heavy atom. The van der Waals surface area contributed by atoms with Crippen LogP contribution in [0.4, 0.5) is 4.39 Å². The highest BCUT2D eigenvalue weighted by Gasteiger charge is 2.27. The Hall–Kier alpha value is -2.20. The normalized spacial score (nSPS) is 15.8. The van der Waals surface area contributed by atoms with E-state index in [4.69, 9.17) is 4.74 Å². The smallest absolute Gasteiger partial charge is 0.169 e. The summed E-state index contributed by atoms with van der Waals surface area (Å²) in [5, 5.41) is 0. The molecule has 0 unspecified atom stereocenters. The van der Waals surface area contributed by atoms with Crippen LogP contribution in [0.25, 0.3) is 0 Å². The van der Waals surface area contributed by atoms with Gasteiger partial charge < -0.3 is 9.64 Å². The molecule has 3 nitrogen and oxygen atoms in total. The van der Waals surface area contributed by atoms with E-state index in [0.717, 1.165) is 50.0 Å². The lowest BCUT2D eigenvalue weighted by Gasteiger charge is -2.31. The van der Waals surface area contributed by atoms with Crippen LogP contribution in [0, 0.1) is 18.7 Å². The summed E-state index contributed by atoms with van der Waals surface area (Å²) in [5.74, 6) is 0.771. The second kappa shape index (κ2) is 8.45. The van der Waals surface area contributed by atoms with E-state index in [0.29, 0.717) is 11.3 Å². The molecule has 1 fully saturated rings. The number of halogens is 1. The third-order valence-electron chi connectivity index (χ3n) is 5.27. The Morgan fingerprint density at radius 1 is 1.15 bits per heavy atom. The van der Waals surface area contributed by atoms with E-state index < -0.39 is 0 Å². The van der Waals surface area contributed by atoms with Crippen molar-refractivity contribution in [2.75, 3.05) is 26.7 Å². The molecule has 3 rings (SSSR count). The fourth-order valence-corrected chi connectivity index (χ4v) is 3.69. The molecule has 26 heavy (non-hydrogen) atoms. The van der Waals surface area contributed by atoms with Crippen molar-refractivity contribution in [2.45, 2.75) is 26.2 Å². The Bertz CT molecular complexity index is 749. The number of para-hydroxylation sites is 1. The molecule has 0 radical (unpaired) electrons. The second-order valence-electron chi connectivity index (χ2n) is 7.01. The minimum Gasteiger partial charge on any atom is -0.496 e. The van der Waals surface area contributed by atoms with E-state index in [2.05, 4.69) is 4.90 Å². The van der Waals surface area contributed by atoms with Crippen LogP contribution in [0.3, 0.4) is 0 Å². The number of Topliss-reactive ketones (excluding diaryl/α,β-unsaturated/α-hetero) is 1. The van der Waals surface area contributed by atoms with Crippen molar-refractivity contribution < 1.29 is 13.9 Å². The molecule has 0 bridgehead atoms. The minimum atomic E-state index is -0.195. The third-order valence-corrected chi connectivity index (χ3v) is 5.27. The monoisotopic (exact) mass is 355 g/mol. The Morgan fingerprint density at radius 3 is 2.50 bits per heavy atom. The number of hydrogen-bond donors (Lipinski definition) is 0. The number of ketones is 1. The number of aryl methyl sites for hydroxylation is 1. The third kappa shape index (κ3) is 4.31. The van der Waals surface area contributed by atoms with Crippen LogP contribution in [0.5, 0.6) is 5.75 Å². The molecule has 0 saturated carbocycles. The SMILES string of the molecule is COc1c(C)cccc1C(=O)C1CCN(CCc2ccc(F)cc2)CC1. The van der Waals surface area contributed by atoms with Gasteiger partial charge in [0, 0.05) is 12.5 Å². The molecule has 0 aromatic heterocycles. The number of methoxy groups -OCH3 is 1. The van der Waals surface area contributed by atoms with E-state index in [1.807, 2.05) is 37.3 Å². The van der Waals surface area contributed by atoms with E-state index in [1.54, 1.807) is 7.11 Å². The average Bonchev–Trinajstić information content (AvgIpc) is 2.67. The minimum absolute atomic E-state index is 0.0628. The number of carbonyl (C=O) groups excluding carboxylic acids is 1. The molecule has 1 aliphatic rings. The predicted octanol–water partition coefficient (Wildman–Crippen LogP) is 4.28. The van der Waals surface area contributed by atoms with Gasteiger partial charge in [-0.25, -0.2) is 4.39 Å². The van der Waals surface area contributed by atoms with E-state index in [9.17, 15) is 9.18 Å². The fraction of sp³-hybridized carbons (Fsp3) is 0.409. The van der Waals surface area contributed by atoms with Gasteiger partial charge in [0.25, 0.3) is 0 Å². The van der Waals surface area contributed by atoms with Gasteiger partial charge in [0.2, 0.25) is 0 Å². The van der Waals surface area contributed by atoms with Crippen LogP contribution in [0.2, 0.25) is 0 Å². The first-order chi connectivity index (χ1) is 12.6. The quantitative estimate of drug-likeness (QED) is 0.725. The zero-order chi connectivity index (χ0) is 18.5. The molecule has 138 valence electrons. The summed E-state index contributed by atoms with van der Waals surface area (Å²) in [5.41, 5.74) is 2.85. The lowest BCUT2D eigenvalue weighted by molar-refractivity contribution is 0.0838. The van der Waals surface area contributed by atoms with Crippen LogP contribution >= 0.6 is 0 Å². The first kappa shape index (κ1) is 18.6. The van der Waals surface area contributed by atoms with Gasteiger partial charge in [0.1, 0.15) is 11.6 Å². The standard InChI is InChI=1S/C22H26FNO2/c1-16-4-3-5-20(22(16)26-2)21(25)18-11-14-24(15-12-18)13-10-17-6-8-19(23)9-7-17/h3-9,18H,10-15H2,1-2H3. The number of carbonyl (C=O) groups is 1. The largest absolute Gasteiger partial charge is 0.496 e. The Kier molecular flexibility index (Phi) is 6.04. The molecule has 0 spiro atoms. The van der Waals surface area contributed by atoms with Crippen LogP contribution in [-0.4, -0.2) is 37.4 Å². The summed E-state index contributed by atoms with van der Waals surface area (Å²) in [6.45, 7) is 4.76. The van der Waals surface area contributed by atoms with Crippen molar-refractivity contribution in [3.05, 3.63) is 65.0 Å². The maximum atomic E-state index is 13.0. The summed E-state index contributed by atoms with van der Waals surface area (Å²) >= 11 is 0. The predicted molar refractivity (Wildman–Crippen MR) is 101 cm³/mol. The fourth-order valence-electron chi connectivity index (χ4n) is 3.69. The highest BCUT2D eigenvalue weighted by atomic mass is 19.1. The number of rotatable bonds is 6. The average molecular weight is 355 g/mol. The maximum absolute atomic E-state index is 13.0. The zero-order valence-corrected chi connectivity index (χ0v) is 15.5. The number of piperidine rings is 1. The van der Waals surface area contributed by atoms with Gasteiger partial charge in [-0.1, -0.05) is 24.3 Å². The van der Waals surface area contributed by atoms with Gasteiger partial charge in [0.15, 0.2) is 5.78 Å². The molecule has 2 aromatic rings. The van der Waals surface area contributed by atoms with Crippen molar-refractivity contribution in [1.82, 2.24) is 4.90 Å². The van der Waals surface area contributed by atoms with Gasteiger partial charge in [-0.2, -0.15) is 0 Å². The highest BCUT2D eigenvalue weighted by molar-refractivity contribution is 6.00. The second-order valence-corrected chi connectivity index (χ2v) is 7.01. The van der Waals surface area contributed by atoms with Gasteiger partial charge in [-0.3, -0.25) is 4.79 Å². The van der Waals surface area contributed by atoms with Gasteiger partial charge >= 0.3 is 0 Å². The summed E-state index contributed by atoms with van der Waals surface area (Å²) in [6.07, 6.45) is 2.66.